The molecule has 3 aromatic rings. The van der Waals surface area contributed by atoms with Crippen LogP contribution in [0.5, 0.6) is 0 Å². The third-order valence-corrected chi connectivity index (χ3v) is 4.82. The van der Waals surface area contributed by atoms with Crippen molar-refractivity contribution in [3.05, 3.63) is 70.0 Å². The van der Waals surface area contributed by atoms with Gasteiger partial charge in [0.15, 0.2) is 11.4 Å². The maximum atomic E-state index is 12.8. The number of aliphatic hydroxyl groups excluding tert-OH is 1. The molecule has 3 rings (SSSR count). The number of aliphatic hydroxyl groups is 1. The molecule has 0 atom stereocenters. The van der Waals surface area contributed by atoms with Crippen LogP contribution in [0.2, 0.25) is 10.0 Å². The highest BCUT2D eigenvalue weighted by Crippen LogP contribution is 2.32. The molecule has 1 amide bonds. The molecular formula is C21H17Cl2N3O4. The van der Waals surface area contributed by atoms with Crippen LogP contribution >= 0.6 is 23.2 Å². The number of amides is 1. The molecule has 0 aliphatic rings. The van der Waals surface area contributed by atoms with Crippen LogP contribution in [0.15, 0.2) is 48.5 Å². The number of likely N-dealkylation sites (N-methyl/N-ethyl adjacent to an activating group) is 1. The molecule has 2 N–H and O–H groups in total. The summed E-state index contributed by atoms with van der Waals surface area (Å²) in [5, 5.41) is 19.8. The Hall–Kier alpha value is -3.00. The van der Waals surface area contributed by atoms with Crippen LogP contribution in [0.1, 0.15) is 21.0 Å². The zero-order valence-corrected chi connectivity index (χ0v) is 17.4. The number of aromatic carboxylic acids is 1. The van der Waals surface area contributed by atoms with Gasteiger partial charge in [0.25, 0.3) is 5.91 Å². The number of carbonyl (C=O) groups is 2. The van der Waals surface area contributed by atoms with Gasteiger partial charge < -0.3 is 15.1 Å². The Morgan fingerprint density at radius 1 is 0.867 bits per heavy atom. The number of hydrogen-bond donors (Lipinski definition) is 2. The molecular weight excluding hydrogens is 429 g/mol. The van der Waals surface area contributed by atoms with Gasteiger partial charge in [-0.25, -0.2) is 14.8 Å². The van der Waals surface area contributed by atoms with E-state index in [1.807, 2.05) is 0 Å². The lowest BCUT2D eigenvalue weighted by Gasteiger charge is -2.18. The van der Waals surface area contributed by atoms with Crippen LogP contribution in [-0.4, -0.2) is 57.2 Å². The fraction of sp³-hybridized carbons (Fsp3) is 0.143. The molecule has 0 aliphatic heterocycles. The summed E-state index contributed by atoms with van der Waals surface area (Å²) in [4.78, 5) is 34.6. The highest BCUT2D eigenvalue weighted by atomic mass is 35.5. The van der Waals surface area contributed by atoms with E-state index in [1.165, 1.54) is 11.9 Å². The summed E-state index contributed by atoms with van der Waals surface area (Å²) < 4.78 is 0. The van der Waals surface area contributed by atoms with Crippen molar-refractivity contribution in [2.45, 2.75) is 0 Å². The lowest BCUT2D eigenvalue weighted by atomic mass is 10.0. The summed E-state index contributed by atoms with van der Waals surface area (Å²) in [6.07, 6.45) is 0. The van der Waals surface area contributed by atoms with Gasteiger partial charge in [0, 0.05) is 34.8 Å². The Kier molecular flexibility index (Phi) is 6.66. The molecule has 9 heteroatoms. The number of carboxylic acid groups (broad SMARTS) is 1. The van der Waals surface area contributed by atoms with Gasteiger partial charge in [0.2, 0.25) is 0 Å². The van der Waals surface area contributed by atoms with Crippen molar-refractivity contribution in [2.75, 3.05) is 20.2 Å². The van der Waals surface area contributed by atoms with Gasteiger partial charge in [-0.1, -0.05) is 47.5 Å². The zero-order chi connectivity index (χ0) is 21.8. The predicted molar refractivity (Wildman–Crippen MR) is 114 cm³/mol. The summed E-state index contributed by atoms with van der Waals surface area (Å²) >= 11 is 12.0. The molecule has 7 nitrogen and oxygen atoms in total. The van der Waals surface area contributed by atoms with Crippen LogP contribution in [-0.2, 0) is 0 Å². The van der Waals surface area contributed by atoms with E-state index < -0.39 is 17.6 Å². The molecule has 0 saturated heterocycles. The summed E-state index contributed by atoms with van der Waals surface area (Å²) in [6, 6.07) is 13.4. The van der Waals surface area contributed by atoms with E-state index in [1.54, 1.807) is 48.5 Å². The van der Waals surface area contributed by atoms with E-state index in [0.29, 0.717) is 26.9 Å². The molecule has 0 fully saturated rings. The Morgan fingerprint density at radius 2 is 1.30 bits per heavy atom. The molecule has 30 heavy (non-hydrogen) atoms. The standard InChI is InChI=1S/C21H17Cl2N3O4/c1-26(10-11-27)20(28)18-19(21(29)30)25-17(13-4-8-15(23)9-5-13)16(24-18)12-2-6-14(22)7-3-12/h2-9,27H,10-11H2,1H3,(H,29,30). The second-order valence-electron chi connectivity index (χ2n) is 6.39. The number of carboxylic acids is 1. The van der Waals surface area contributed by atoms with Crippen molar-refractivity contribution >= 4 is 35.1 Å². The highest BCUT2D eigenvalue weighted by molar-refractivity contribution is 6.31. The number of hydrogen-bond acceptors (Lipinski definition) is 5. The first-order valence-corrected chi connectivity index (χ1v) is 9.61. The second-order valence-corrected chi connectivity index (χ2v) is 7.26. The largest absolute Gasteiger partial charge is 0.476 e. The molecule has 1 heterocycles. The number of nitrogens with zero attached hydrogens (tertiary/aromatic N) is 3. The Bertz CT molecular complexity index is 1090. The fourth-order valence-electron chi connectivity index (χ4n) is 2.78. The van der Waals surface area contributed by atoms with E-state index in [9.17, 15) is 14.7 Å². The topological polar surface area (TPSA) is 104 Å². The Balaban J connectivity index is 2.28. The van der Waals surface area contributed by atoms with Crippen molar-refractivity contribution < 1.29 is 19.8 Å². The average Bonchev–Trinajstić information content (AvgIpc) is 2.73. The Labute approximate surface area is 182 Å². The first kappa shape index (κ1) is 21.7. The van der Waals surface area contributed by atoms with E-state index >= 15 is 0 Å². The first-order valence-electron chi connectivity index (χ1n) is 8.85. The van der Waals surface area contributed by atoms with E-state index in [2.05, 4.69) is 9.97 Å². The van der Waals surface area contributed by atoms with E-state index in [0.717, 1.165) is 0 Å². The monoisotopic (exact) mass is 445 g/mol. The number of halogens is 2. The molecule has 0 saturated carbocycles. The number of aromatic nitrogens is 2. The first-order chi connectivity index (χ1) is 14.3. The van der Waals surface area contributed by atoms with Crippen LogP contribution in [0.4, 0.5) is 0 Å². The summed E-state index contributed by atoms with van der Waals surface area (Å²) in [5.74, 6) is -2.05. The molecule has 2 aromatic carbocycles. The van der Waals surface area contributed by atoms with Gasteiger partial charge in [0.1, 0.15) is 0 Å². The number of rotatable bonds is 6. The third kappa shape index (κ3) is 4.59. The molecule has 0 bridgehead atoms. The Morgan fingerprint density at radius 3 is 1.70 bits per heavy atom. The number of carbonyl (C=O) groups excluding carboxylic acids is 1. The molecule has 0 spiro atoms. The number of benzene rings is 2. The van der Waals surface area contributed by atoms with Crippen molar-refractivity contribution in [1.82, 2.24) is 14.9 Å². The molecule has 1 aromatic heterocycles. The van der Waals surface area contributed by atoms with Gasteiger partial charge in [-0.2, -0.15) is 0 Å². The summed E-state index contributed by atoms with van der Waals surface area (Å²) in [6.45, 7) is -0.250. The lowest BCUT2D eigenvalue weighted by Crippen LogP contribution is -2.32. The van der Waals surface area contributed by atoms with Crippen LogP contribution in [0.3, 0.4) is 0 Å². The molecule has 0 unspecified atom stereocenters. The van der Waals surface area contributed by atoms with E-state index in [-0.39, 0.29) is 24.5 Å². The SMILES string of the molecule is CN(CCO)C(=O)c1nc(-c2ccc(Cl)cc2)c(-c2ccc(Cl)cc2)nc1C(=O)O. The van der Waals surface area contributed by atoms with Gasteiger partial charge in [-0.15, -0.1) is 0 Å². The minimum absolute atomic E-state index is 0.0226. The molecule has 154 valence electrons. The summed E-state index contributed by atoms with van der Waals surface area (Å²) in [5.41, 5.74) is 0.996. The van der Waals surface area contributed by atoms with Crippen molar-refractivity contribution in [3.8, 4) is 22.5 Å². The van der Waals surface area contributed by atoms with Gasteiger partial charge >= 0.3 is 5.97 Å². The van der Waals surface area contributed by atoms with Gasteiger partial charge in [-0.3, -0.25) is 4.79 Å². The zero-order valence-electron chi connectivity index (χ0n) is 15.8. The van der Waals surface area contributed by atoms with Crippen molar-refractivity contribution in [2.24, 2.45) is 0 Å². The quantitative estimate of drug-likeness (QED) is 0.596. The predicted octanol–water partition coefficient (Wildman–Crippen LogP) is 3.88. The highest BCUT2D eigenvalue weighted by Gasteiger charge is 2.27. The van der Waals surface area contributed by atoms with Crippen LogP contribution in [0.25, 0.3) is 22.5 Å². The van der Waals surface area contributed by atoms with Crippen molar-refractivity contribution in [1.29, 1.82) is 0 Å². The molecule has 0 radical (unpaired) electrons. The second kappa shape index (κ2) is 9.21. The minimum Gasteiger partial charge on any atom is -0.476 e. The van der Waals surface area contributed by atoms with Crippen LogP contribution in [0, 0.1) is 0 Å². The third-order valence-electron chi connectivity index (χ3n) is 4.32. The fourth-order valence-corrected chi connectivity index (χ4v) is 3.04. The molecule has 0 aliphatic carbocycles. The minimum atomic E-state index is -1.39. The maximum Gasteiger partial charge on any atom is 0.357 e. The maximum absolute atomic E-state index is 12.8. The average molecular weight is 446 g/mol. The lowest BCUT2D eigenvalue weighted by molar-refractivity contribution is 0.0669. The van der Waals surface area contributed by atoms with Gasteiger partial charge in [0.05, 0.1) is 18.0 Å². The van der Waals surface area contributed by atoms with Gasteiger partial charge in [-0.05, 0) is 24.3 Å². The summed E-state index contributed by atoms with van der Waals surface area (Å²) in [7, 11) is 1.45. The van der Waals surface area contributed by atoms with Crippen LogP contribution < -0.4 is 0 Å². The smallest absolute Gasteiger partial charge is 0.357 e. The van der Waals surface area contributed by atoms with Crippen molar-refractivity contribution in [3.63, 3.8) is 0 Å². The normalized spacial score (nSPS) is 10.7. The van der Waals surface area contributed by atoms with E-state index in [4.69, 9.17) is 28.3 Å².